The maximum absolute atomic E-state index is 11.5. The highest BCUT2D eigenvalue weighted by molar-refractivity contribution is 6.29. The molecule has 0 aliphatic carbocycles. The number of carbonyl (C=O) groups is 2. The Morgan fingerprint density at radius 2 is 2.25 bits per heavy atom. The number of nitrogens with zero attached hydrogens (tertiary/aromatic N) is 1. The number of hydrogen-bond acceptors (Lipinski definition) is 3. The van der Waals surface area contributed by atoms with Crippen molar-refractivity contribution < 1.29 is 9.59 Å². The lowest BCUT2D eigenvalue weighted by atomic mass is 10.2. The molecule has 16 heavy (non-hydrogen) atoms. The first-order valence-corrected chi connectivity index (χ1v) is 5.18. The van der Waals surface area contributed by atoms with Crippen molar-refractivity contribution in [1.82, 2.24) is 15.6 Å². The summed E-state index contributed by atoms with van der Waals surface area (Å²) in [7, 11) is 0. The topological polar surface area (TPSA) is 71.1 Å². The summed E-state index contributed by atoms with van der Waals surface area (Å²) in [5, 5.41) is 5.56. The molecule has 0 spiro atoms. The van der Waals surface area contributed by atoms with Crippen LogP contribution in [0.1, 0.15) is 16.8 Å². The lowest BCUT2D eigenvalue weighted by Crippen LogP contribution is -2.27. The first-order chi connectivity index (χ1) is 7.74. The van der Waals surface area contributed by atoms with Gasteiger partial charge >= 0.3 is 0 Å². The van der Waals surface area contributed by atoms with E-state index in [0.29, 0.717) is 36.6 Å². The van der Waals surface area contributed by atoms with Crippen LogP contribution in [0, 0.1) is 0 Å². The predicted molar refractivity (Wildman–Crippen MR) is 60.3 cm³/mol. The molecule has 2 amide bonds. The Kier molecular flexibility index (Phi) is 5.28. The minimum atomic E-state index is -0.199. The normalized spacial score (nSPS) is 9.56. The van der Waals surface area contributed by atoms with Crippen molar-refractivity contribution in [3.05, 3.63) is 29.0 Å². The Hall–Kier alpha value is -1.62. The Labute approximate surface area is 98.2 Å². The number of halogens is 1. The average molecular weight is 242 g/mol. The van der Waals surface area contributed by atoms with E-state index >= 15 is 0 Å². The smallest absolute Gasteiger partial charge is 0.252 e. The molecule has 0 saturated heterocycles. The molecule has 0 atom stereocenters. The van der Waals surface area contributed by atoms with Crippen LogP contribution in [0.5, 0.6) is 0 Å². The van der Waals surface area contributed by atoms with E-state index in [0.717, 1.165) is 0 Å². The second kappa shape index (κ2) is 6.79. The van der Waals surface area contributed by atoms with Crippen molar-refractivity contribution >= 4 is 23.9 Å². The van der Waals surface area contributed by atoms with Gasteiger partial charge in [0.1, 0.15) is 5.15 Å². The van der Waals surface area contributed by atoms with E-state index in [9.17, 15) is 9.59 Å². The standard InChI is InChI=1S/C10H12ClN3O2/c11-9-3-2-8(6-14-9)10(16)13-5-1-4-12-7-15/h2-3,6-7H,1,4-5H2,(H,12,15)(H,13,16). The van der Waals surface area contributed by atoms with E-state index in [1.54, 1.807) is 12.1 Å². The molecule has 0 aliphatic rings. The summed E-state index contributed by atoms with van der Waals surface area (Å²) in [4.78, 5) is 25.2. The van der Waals surface area contributed by atoms with Crippen molar-refractivity contribution in [2.45, 2.75) is 6.42 Å². The molecule has 0 unspecified atom stereocenters. The fourth-order valence-electron chi connectivity index (χ4n) is 1.06. The summed E-state index contributed by atoms with van der Waals surface area (Å²) in [5.41, 5.74) is 0.466. The fraction of sp³-hybridized carbons (Fsp3) is 0.300. The first kappa shape index (κ1) is 12.4. The van der Waals surface area contributed by atoms with Gasteiger partial charge in [0.2, 0.25) is 6.41 Å². The van der Waals surface area contributed by atoms with Gasteiger partial charge in [-0.05, 0) is 18.6 Å². The fourth-order valence-corrected chi connectivity index (χ4v) is 1.18. The molecule has 86 valence electrons. The maximum atomic E-state index is 11.5. The summed E-state index contributed by atoms with van der Waals surface area (Å²) in [6.07, 6.45) is 2.73. The van der Waals surface area contributed by atoms with Gasteiger partial charge in [-0.15, -0.1) is 0 Å². The third-order valence-electron chi connectivity index (χ3n) is 1.86. The highest BCUT2D eigenvalue weighted by atomic mass is 35.5. The lowest BCUT2D eigenvalue weighted by Gasteiger charge is -2.04. The molecule has 6 heteroatoms. The minimum Gasteiger partial charge on any atom is -0.359 e. The summed E-state index contributed by atoms with van der Waals surface area (Å²) < 4.78 is 0. The van der Waals surface area contributed by atoms with Crippen LogP contribution in [0.4, 0.5) is 0 Å². The molecule has 0 radical (unpaired) electrons. The highest BCUT2D eigenvalue weighted by Crippen LogP contribution is 2.04. The van der Waals surface area contributed by atoms with Gasteiger partial charge in [0.05, 0.1) is 5.56 Å². The van der Waals surface area contributed by atoms with E-state index in [1.807, 2.05) is 0 Å². The van der Waals surface area contributed by atoms with Gasteiger partial charge in [0.25, 0.3) is 5.91 Å². The van der Waals surface area contributed by atoms with Crippen LogP contribution in [0.3, 0.4) is 0 Å². The third-order valence-corrected chi connectivity index (χ3v) is 2.08. The van der Waals surface area contributed by atoms with E-state index < -0.39 is 0 Å². The van der Waals surface area contributed by atoms with Crippen LogP contribution in [0.15, 0.2) is 18.3 Å². The average Bonchev–Trinajstić information content (AvgIpc) is 2.29. The monoisotopic (exact) mass is 241 g/mol. The highest BCUT2D eigenvalue weighted by Gasteiger charge is 2.04. The molecule has 0 aliphatic heterocycles. The number of hydrogen-bond donors (Lipinski definition) is 2. The Morgan fingerprint density at radius 1 is 1.44 bits per heavy atom. The first-order valence-electron chi connectivity index (χ1n) is 4.81. The minimum absolute atomic E-state index is 0.199. The Bertz CT molecular complexity index is 354. The van der Waals surface area contributed by atoms with Crippen LogP contribution in [0.2, 0.25) is 5.15 Å². The number of carbonyl (C=O) groups excluding carboxylic acids is 2. The van der Waals surface area contributed by atoms with Crippen molar-refractivity contribution in [2.24, 2.45) is 0 Å². The molecule has 0 aromatic carbocycles. The zero-order chi connectivity index (χ0) is 11.8. The SMILES string of the molecule is O=CNCCCNC(=O)c1ccc(Cl)nc1. The molecular formula is C10H12ClN3O2. The van der Waals surface area contributed by atoms with Gasteiger partial charge in [-0.1, -0.05) is 11.6 Å². The number of pyridine rings is 1. The van der Waals surface area contributed by atoms with Crippen LogP contribution in [-0.4, -0.2) is 30.4 Å². The molecule has 1 aromatic heterocycles. The lowest BCUT2D eigenvalue weighted by molar-refractivity contribution is -0.109. The number of aromatic nitrogens is 1. The number of nitrogens with one attached hydrogen (secondary N) is 2. The predicted octanol–water partition coefficient (Wildman–Crippen LogP) is 0.601. The van der Waals surface area contributed by atoms with Gasteiger partial charge < -0.3 is 10.6 Å². The summed E-state index contributed by atoms with van der Waals surface area (Å²) in [6, 6.07) is 3.17. The molecule has 5 nitrogen and oxygen atoms in total. The summed E-state index contributed by atoms with van der Waals surface area (Å²) in [5.74, 6) is -0.199. The van der Waals surface area contributed by atoms with E-state index in [1.165, 1.54) is 6.20 Å². The van der Waals surface area contributed by atoms with Crippen LogP contribution < -0.4 is 10.6 Å². The zero-order valence-corrected chi connectivity index (χ0v) is 9.33. The Morgan fingerprint density at radius 3 is 2.88 bits per heavy atom. The van der Waals surface area contributed by atoms with E-state index in [-0.39, 0.29) is 5.91 Å². The number of amides is 2. The number of rotatable bonds is 6. The van der Waals surface area contributed by atoms with Gasteiger partial charge in [-0.2, -0.15) is 0 Å². The van der Waals surface area contributed by atoms with Crippen molar-refractivity contribution in [3.63, 3.8) is 0 Å². The maximum Gasteiger partial charge on any atom is 0.252 e. The Balaban J connectivity index is 2.29. The van der Waals surface area contributed by atoms with Crippen LogP contribution in [0.25, 0.3) is 0 Å². The quantitative estimate of drug-likeness (QED) is 0.435. The molecule has 1 rings (SSSR count). The van der Waals surface area contributed by atoms with Gasteiger partial charge in [0.15, 0.2) is 0 Å². The van der Waals surface area contributed by atoms with E-state index in [4.69, 9.17) is 11.6 Å². The van der Waals surface area contributed by atoms with Gasteiger partial charge in [-0.25, -0.2) is 4.98 Å². The summed E-state index contributed by atoms with van der Waals surface area (Å²) >= 11 is 5.59. The molecule has 1 heterocycles. The molecule has 0 bridgehead atoms. The zero-order valence-electron chi connectivity index (χ0n) is 8.57. The second-order valence-corrected chi connectivity index (χ2v) is 3.44. The van der Waals surface area contributed by atoms with Gasteiger partial charge in [-0.3, -0.25) is 9.59 Å². The van der Waals surface area contributed by atoms with Gasteiger partial charge in [0, 0.05) is 19.3 Å². The van der Waals surface area contributed by atoms with Crippen molar-refractivity contribution in [2.75, 3.05) is 13.1 Å². The second-order valence-electron chi connectivity index (χ2n) is 3.05. The van der Waals surface area contributed by atoms with Crippen LogP contribution >= 0.6 is 11.6 Å². The van der Waals surface area contributed by atoms with Crippen LogP contribution in [-0.2, 0) is 4.79 Å². The molecule has 0 fully saturated rings. The molecule has 2 N–H and O–H groups in total. The molecular weight excluding hydrogens is 230 g/mol. The van der Waals surface area contributed by atoms with E-state index in [2.05, 4.69) is 15.6 Å². The molecule has 1 aromatic rings. The molecule has 0 saturated carbocycles. The third kappa shape index (κ3) is 4.27. The summed E-state index contributed by atoms with van der Waals surface area (Å²) in [6.45, 7) is 1.05. The van der Waals surface area contributed by atoms with Crippen molar-refractivity contribution in [1.29, 1.82) is 0 Å². The largest absolute Gasteiger partial charge is 0.359 e. The van der Waals surface area contributed by atoms with Crippen molar-refractivity contribution in [3.8, 4) is 0 Å².